The van der Waals surface area contributed by atoms with E-state index in [-0.39, 0.29) is 11.7 Å². The number of carbonyl (C=O) groups is 1. The Morgan fingerprint density at radius 1 is 1.32 bits per heavy atom. The number of aromatic nitrogens is 1. The number of nitrogens with zero attached hydrogens (tertiary/aromatic N) is 1. The van der Waals surface area contributed by atoms with Crippen LogP contribution in [-0.2, 0) is 21.3 Å². The Labute approximate surface area is 148 Å². The fourth-order valence-corrected chi connectivity index (χ4v) is 3.57. The number of nitrogens with one attached hydrogen (secondary N) is 1. The van der Waals surface area contributed by atoms with Gasteiger partial charge in [-0.25, -0.2) is 0 Å². The van der Waals surface area contributed by atoms with Gasteiger partial charge >= 0.3 is 10.1 Å². The van der Waals surface area contributed by atoms with E-state index < -0.39 is 10.1 Å². The van der Waals surface area contributed by atoms with Crippen molar-refractivity contribution in [2.24, 2.45) is 0 Å². The maximum absolute atomic E-state index is 12.1. The third-order valence-electron chi connectivity index (χ3n) is 3.77. The molecule has 0 saturated heterocycles. The van der Waals surface area contributed by atoms with Crippen LogP contribution < -0.4 is 14.3 Å². The molecule has 0 unspecified atom stereocenters. The number of hydrogen-bond acceptors (Lipinski definition) is 5. The largest absolute Gasteiger partial charge is 0.497 e. The van der Waals surface area contributed by atoms with Crippen LogP contribution in [0.4, 0.5) is 0 Å². The summed E-state index contributed by atoms with van der Waals surface area (Å²) in [4.78, 5) is 11.1. The second-order valence-corrected chi connectivity index (χ2v) is 7.46. The smallest absolute Gasteiger partial charge is 0.327 e. The van der Waals surface area contributed by atoms with Crippen LogP contribution in [0.1, 0.15) is 32.3 Å². The van der Waals surface area contributed by atoms with Crippen molar-refractivity contribution in [2.75, 3.05) is 19.4 Å². The first-order valence-corrected chi connectivity index (χ1v) is 9.79. The first-order chi connectivity index (χ1) is 11.9. The molecular weight excluding hydrogens is 344 g/mol. The van der Waals surface area contributed by atoms with Gasteiger partial charge < -0.3 is 10.1 Å². The van der Waals surface area contributed by atoms with Crippen LogP contribution in [0.25, 0.3) is 10.9 Å². The van der Waals surface area contributed by atoms with Gasteiger partial charge in [0, 0.05) is 25.1 Å². The molecule has 8 heteroatoms. The van der Waals surface area contributed by atoms with E-state index in [9.17, 15) is 13.2 Å². The van der Waals surface area contributed by atoms with Crippen molar-refractivity contribution < 1.29 is 22.2 Å². The highest BCUT2D eigenvalue weighted by atomic mass is 32.2. The molecule has 0 bridgehead atoms. The molecule has 0 saturated carbocycles. The number of benzene rings is 1. The highest BCUT2D eigenvalue weighted by Crippen LogP contribution is 2.26. The molecule has 25 heavy (non-hydrogen) atoms. The predicted octanol–water partition coefficient (Wildman–Crippen LogP) is 1.89. The molecule has 1 aromatic heterocycles. The fourth-order valence-electron chi connectivity index (χ4n) is 2.49. The lowest BCUT2D eigenvalue weighted by Crippen LogP contribution is -2.23. The quantitative estimate of drug-likeness (QED) is 0.730. The first-order valence-electron chi connectivity index (χ1n) is 8.21. The average Bonchev–Trinajstić information content (AvgIpc) is 2.89. The van der Waals surface area contributed by atoms with Gasteiger partial charge in [-0.15, -0.1) is 0 Å². The molecule has 0 atom stereocenters. The molecule has 1 aromatic carbocycles. The van der Waals surface area contributed by atoms with Crippen LogP contribution in [-0.4, -0.2) is 38.5 Å². The van der Waals surface area contributed by atoms with Crippen LogP contribution in [0.3, 0.4) is 0 Å². The summed E-state index contributed by atoms with van der Waals surface area (Å²) in [7, 11) is -2.09. The molecule has 1 amide bonds. The van der Waals surface area contributed by atoms with Gasteiger partial charge in [0.1, 0.15) is 5.75 Å². The van der Waals surface area contributed by atoms with Gasteiger partial charge in [0.25, 0.3) is 0 Å². The number of amides is 1. The minimum absolute atomic E-state index is 0.0272. The molecule has 0 spiro atoms. The Kier molecular flexibility index (Phi) is 6.30. The van der Waals surface area contributed by atoms with E-state index in [0.717, 1.165) is 17.4 Å². The van der Waals surface area contributed by atoms with Crippen molar-refractivity contribution in [3.8, 4) is 5.75 Å². The summed E-state index contributed by atoms with van der Waals surface area (Å²) in [5.41, 5.74) is 1.51. The lowest BCUT2D eigenvalue weighted by Gasteiger charge is -2.08. The van der Waals surface area contributed by atoms with Crippen LogP contribution in [0.2, 0.25) is 0 Å². The van der Waals surface area contributed by atoms with E-state index in [0.29, 0.717) is 30.7 Å². The van der Waals surface area contributed by atoms with E-state index >= 15 is 0 Å². The number of unbranched alkanes of at least 4 members (excludes halogenated alkanes) is 1. The van der Waals surface area contributed by atoms with Gasteiger partial charge in [0.2, 0.25) is 5.91 Å². The number of fused-ring (bicyclic) bond motifs is 1. The number of ether oxygens (including phenoxy) is 1. The van der Waals surface area contributed by atoms with Gasteiger partial charge in [-0.05, 0) is 36.6 Å². The Morgan fingerprint density at radius 3 is 2.72 bits per heavy atom. The van der Waals surface area contributed by atoms with E-state index in [4.69, 9.17) is 9.02 Å². The normalized spacial score (nSPS) is 11.5. The maximum atomic E-state index is 12.1. The molecule has 1 heterocycles. The predicted molar refractivity (Wildman–Crippen MR) is 96.2 cm³/mol. The van der Waals surface area contributed by atoms with Crippen molar-refractivity contribution in [2.45, 2.75) is 33.1 Å². The molecule has 7 nitrogen and oxygen atoms in total. The van der Waals surface area contributed by atoms with Crippen LogP contribution >= 0.6 is 0 Å². The number of carbonyl (C=O) groups excluding carboxylic acids is 1. The minimum Gasteiger partial charge on any atom is -0.497 e. The summed E-state index contributed by atoms with van der Waals surface area (Å²) in [5, 5.41) is 3.56. The van der Waals surface area contributed by atoms with Gasteiger partial charge in [0.05, 0.1) is 18.4 Å². The fraction of sp³-hybridized carbons (Fsp3) is 0.471. The topological polar surface area (TPSA) is 86.6 Å². The third-order valence-corrected chi connectivity index (χ3v) is 4.95. The molecule has 138 valence electrons. The molecule has 2 aromatic rings. The molecule has 0 aliphatic carbocycles. The summed E-state index contributed by atoms with van der Waals surface area (Å²) in [6.07, 6.45) is 3.52. The Balaban J connectivity index is 2.34. The molecule has 0 aliphatic heterocycles. The van der Waals surface area contributed by atoms with E-state index in [2.05, 4.69) is 5.32 Å². The molecule has 0 radical (unpaired) electrons. The van der Waals surface area contributed by atoms with Crippen molar-refractivity contribution in [3.63, 3.8) is 0 Å². The van der Waals surface area contributed by atoms with E-state index in [1.54, 1.807) is 25.4 Å². The van der Waals surface area contributed by atoms with E-state index in [1.165, 1.54) is 11.7 Å². The summed E-state index contributed by atoms with van der Waals surface area (Å²) in [6.45, 7) is 3.83. The van der Waals surface area contributed by atoms with Crippen LogP contribution in [0, 0.1) is 0 Å². The Hall–Kier alpha value is -2.22. The third kappa shape index (κ3) is 5.12. The van der Waals surface area contributed by atoms with Gasteiger partial charge in [-0.1, -0.05) is 13.3 Å². The summed E-state index contributed by atoms with van der Waals surface area (Å²) >= 11 is 0. The standard InChI is InChI=1S/C17H24N2O5S/c1-4-5-10-25(21,22)24-19-12-14(8-9-18-13(2)20)16-11-15(23-3)6-7-17(16)19/h6-7,11-12H,4-5,8-10H2,1-3H3,(H,18,20). The number of rotatable bonds is 9. The van der Waals surface area contributed by atoms with Gasteiger partial charge in [-0.3, -0.25) is 9.08 Å². The monoisotopic (exact) mass is 368 g/mol. The summed E-state index contributed by atoms with van der Waals surface area (Å²) in [5.74, 6) is 0.528. The van der Waals surface area contributed by atoms with Crippen molar-refractivity contribution in [1.29, 1.82) is 0 Å². The highest BCUT2D eigenvalue weighted by molar-refractivity contribution is 7.86. The second-order valence-electron chi connectivity index (χ2n) is 5.79. The summed E-state index contributed by atoms with van der Waals surface area (Å²) < 4.78 is 36.0. The Bertz CT molecular complexity index is 842. The molecule has 0 fully saturated rings. The first kappa shape index (κ1) is 19.1. The maximum Gasteiger partial charge on any atom is 0.327 e. The Morgan fingerprint density at radius 2 is 2.08 bits per heavy atom. The highest BCUT2D eigenvalue weighted by Gasteiger charge is 2.17. The summed E-state index contributed by atoms with van der Waals surface area (Å²) in [6, 6.07) is 5.33. The zero-order valence-electron chi connectivity index (χ0n) is 14.7. The second kappa shape index (κ2) is 8.24. The molecule has 1 N–H and O–H groups in total. The molecular formula is C17H24N2O5S. The van der Waals surface area contributed by atoms with Crippen molar-refractivity contribution in [3.05, 3.63) is 30.0 Å². The lowest BCUT2D eigenvalue weighted by atomic mass is 10.1. The lowest BCUT2D eigenvalue weighted by molar-refractivity contribution is -0.118. The van der Waals surface area contributed by atoms with E-state index in [1.807, 2.05) is 13.0 Å². The van der Waals surface area contributed by atoms with Crippen LogP contribution in [0.15, 0.2) is 24.4 Å². The number of hydrogen-bond donors (Lipinski definition) is 1. The van der Waals surface area contributed by atoms with Crippen molar-refractivity contribution >= 4 is 26.9 Å². The zero-order valence-corrected chi connectivity index (χ0v) is 15.6. The van der Waals surface area contributed by atoms with Gasteiger partial charge in [0.15, 0.2) is 0 Å². The van der Waals surface area contributed by atoms with Crippen LogP contribution in [0.5, 0.6) is 5.75 Å². The molecule has 0 aliphatic rings. The van der Waals surface area contributed by atoms with Crippen molar-refractivity contribution in [1.82, 2.24) is 10.0 Å². The molecule has 2 rings (SSSR count). The SMILES string of the molecule is CCCCS(=O)(=O)On1cc(CCNC(C)=O)c2cc(OC)ccc21. The zero-order chi connectivity index (χ0) is 18.4. The average molecular weight is 368 g/mol. The van der Waals surface area contributed by atoms with Gasteiger partial charge in [-0.2, -0.15) is 13.1 Å². The minimum atomic E-state index is -3.66. The number of methoxy groups -OCH3 is 1.